The molecular formula is C10H15N3O3. The minimum Gasteiger partial charge on any atom is -0.308 e. The summed E-state index contributed by atoms with van der Waals surface area (Å²) in [5.41, 5.74) is 0.177. The van der Waals surface area contributed by atoms with Gasteiger partial charge in [0.05, 0.1) is 11.1 Å². The SMILES string of the molecule is Cc1cc([N+](=O)[O-])cn(CCN(C)C)c1=O. The van der Waals surface area contributed by atoms with E-state index in [2.05, 4.69) is 0 Å². The molecule has 0 aliphatic carbocycles. The first-order valence-corrected chi connectivity index (χ1v) is 4.92. The zero-order chi connectivity index (χ0) is 12.3. The number of aryl methyl sites for hydroxylation is 1. The maximum absolute atomic E-state index is 11.7. The summed E-state index contributed by atoms with van der Waals surface area (Å²) in [5.74, 6) is 0. The first-order chi connectivity index (χ1) is 7.41. The number of nitro groups is 1. The van der Waals surface area contributed by atoms with Crippen molar-refractivity contribution >= 4 is 5.69 Å². The van der Waals surface area contributed by atoms with Crippen molar-refractivity contribution in [3.05, 3.63) is 38.3 Å². The average Bonchev–Trinajstić information content (AvgIpc) is 2.19. The van der Waals surface area contributed by atoms with Gasteiger partial charge in [0.1, 0.15) is 0 Å². The Morgan fingerprint density at radius 2 is 2.12 bits per heavy atom. The van der Waals surface area contributed by atoms with Gasteiger partial charge < -0.3 is 9.47 Å². The molecule has 0 spiro atoms. The number of hydrogen-bond donors (Lipinski definition) is 0. The molecule has 0 aromatic carbocycles. The van der Waals surface area contributed by atoms with E-state index in [0.29, 0.717) is 18.7 Å². The topological polar surface area (TPSA) is 68.4 Å². The zero-order valence-corrected chi connectivity index (χ0v) is 9.64. The average molecular weight is 225 g/mol. The number of nitrogens with zero attached hydrogens (tertiary/aromatic N) is 3. The van der Waals surface area contributed by atoms with E-state index in [1.807, 2.05) is 19.0 Å². The molecule has 6 nitrogen and oxygen atoms in total. The van der Waals surface area contributed by atoms with Gasteiger partial charge in [-0.05, 0) is 21.0 Å². The lowest BCUT2D eigenvalue weighted by Crippen LogP contribution is -2.27. The van der Waals surface area contributed by atoms with Crippen LogP contribution in [0, 0.1) is 17.0 Å². The van der Waals surface area contributed by atoms with E-state index in [9.17, 15) is 14.9 Å². The molecule has 0 aliphatic heterocycles. The predicted octanol–water partition coefficient (Wildman–Crippen LogP) is 0.627. The Kier molecular flexibility index (Phi) is 3.78. The van der Waals surface area contributed by atoms with Crippen LogP contribution in [0.3, 0.4) is 0 Å². The molecule has 1 rings (SSSR count). The van der Waals surface area contributed by atoms with Crippen LogP contribution in [0.1, 0.15) is 5.56 Å². The van der Waals surface area contributed by atoms with Crippen molar-refractivity contribution in [2.45, 2.75) is 13.5 Å². The maximum atomic E-state index is 11.7. The quantitative estimate of drug-likeness (QED) is 0.556. The van der Waals surface area contributed by atoms with E-state index in [0.717, 1.165) is 0 Å². The Morgan fingerprint density at radius 1 is 1.50 bits per heavy atom. The Morgan fingerprint density at radius 3 is 2.62 bits per heavy atom. The van der Waals surface area contributed by atoms with Crippen molar-refractivity contribution in [2.24, 2.45) is 0 Å². The monoisotopic (exact) mass is 225 g/mol. The molecule has 0 unspecified atom stereocenters. The lowest BCUT2D eigenvalue weighted by Gasteiger charge is -2.11. The number of aromatic nitrogens is 1. The van der Waals surface area contributed by atoms with Gasteiger partial charge in [-0.1, -0.05) is 0 Å². The van der Waals surface area contributed by atoms with Crippen molar-refractivity contribution in [3.8, 4) is 0 Å². The fourth-order valence-electron chi connectivity index (χ4n) is 1.34. The summed E-state index contributed by atoms with van der Waals surface area (Å²) in [6.07, 6.45) is 1.29. The molecule has 88 valence electrons. The molecular weight excluding hydrogens is 210 g/mol. The first kappa shape index (κ1) is 12.4. The van der Waals surface area contributed by atoms with Gasteiger partial charge in [-0.3, -0.25) is 14.9 Å². The second-order valence-electron chi connectivity index (χ2n) is 3.94. The van der Waals surface area contributed by atoms with Gasteiger partial charge in [-0.15, -0.1) is 0 Å². The Labute approximate surface area is 93.3 Å². The third-order valence-corrected chi connectivity index (χ3v) is 2.25. The van der Waals surface area contributed by atoms with Crippen LogP contribution in [0.2, 0.25) is 0 Å². The van der Waals surface area contributed by atoms with Gasteiger partial charge in [0.15, 0.2) is 0 Å². The number of pyridine rings is 1. The lowest BCUT2D eigenvalue weighted by atomic mass is 10.3. The minimum absolute atomic E-state index is 0.0455. The summed E-state index contributed by atoms with van der Waals surface area (Å²) in [4.78, 5) is 23.7. The number of hydrogen-bond acceptors (Lipinski definition) is 4. The molecule has 16 heavy (non-hydrogen) atoms. The van der Waals surface area contributed by atoms with E-state index in [1.165, 1.54) is 16.8 Å². The molecule has 0 bridgehead atoms. The van der Waals surface area contributed by atoms with Gasteiger partial charge in [0.2, 0.25) is 0 Å². The van der Waals surface area contributed by atoms with Crippen LogP contribution < -0.4 is 5.56 Å². The largest absolute Gasteiger partial charge is 0.308 e. The van der Waals surface area contributed by atoms with Gasteiger partial charge >= 0.3 is 0 Å². The highest BCUT2D eigenvalue weighted by atomic mass is 16.6. The molecule has 0 aliphatic rings. The molecule has 0 N–H and O–H groups in total. The molecule has 0 radical (unpaired) electrons. The molecule has 6 heteroatoms. The Bertz CT molecular complexity index is 451. The van der Waals surface area contributed by atoms with Crippen LogP contribution in [-0.2, 0) is 6.54 Å². The predicted molar refractivity (Wildman–Crippen MR) is 60.6 cm³/mol. The Balaban J connectivity index is 3.07. The molecule has 1 aromatic rings. The van der Waals surface area contributed by atoms with Gasteiger partial charge in [0, 0.05) is 24.7 Å². The second kappa shape index (κ2) is 4.89. The van der Waals surface area contributed by atoms with Crippen LogP contribution in [0.4, 0.5) is 5.69 Å². The van der Waals surface area contributed by atoms with Crippen LogP contribution in [-0.4, -0.2) is 35.0 Å². The fraction of sp³-hybridized carbons (Fsp3) is 0.500. The van der Waals surface area contributed by atoms with Crippen LogP contribution >= 0.6 is 0 Å². The summed E-state index contributed by atoms with van der Waals surface area (Å²) in [5, 5.41) is 10.6. The van der Waals surface area contributed by atoms with Gasteiger partial charge in [-0.25, -0.2) is 0 Å². The van der Waals surface area contributed by atoms with E-state index >= 15 is 0 Å². The van der Waals surface area contributed by atoms with Gasteiger partial charge in [-0.2, -0.15) is 0 Å². The van der Waals surface area contributed by atoms with E-state index in [4.69, 9.17) is 0 Å². The fourth-order valence-corrected chi connectivity index (χ4v) is 1.34. The summed E-state index contributed by atoms with van der Waals surface area (Å²) in [6, 6.07) is 1.30. The second-order valence-corrected chi connectivity index (χ2v) is 3.94. The van der Waals surface area contributed by atoms with E-state index in [-0.39, 0.29) is 11.2 Å². The van der Waals surface area contributed by atoms with Crippen LogP contribution in [0.15, 0.2) is 17.1 Å². The molecule has 0 fully saturated rings. The molecule has 0 amide bonds. The van der Waals surface area contributed by atoms with Crippen molar-refractivity contribution < 1.29 is 4.92 Å². The molecule has 0 saturated heterocycles. The summed E-state index contributed by atoms with van der Waals surface area (Å²) in [6.45, 7) is 2.70. The third kappa shape index (κ3) is 2.90. The summed E-state index contributed by atoms with van der Waals surface area (Å²) >= 11 is 0. The summed E-state index contributed by atoms with van der Waals surface area (Å²) < 4.78 is 1.38. The van der Waals surface area contributed by atoms with Crippen molar-refractivity contribution in [3.63, 3.8) is 0 Å². The van der Waals surface area contributed by atoms with Gasteiger partial charge in [0.25, 0.3) is 11.2 Å². The number of rotatable bonds is 4. The van der Waals surface area contributed by atoms with Crippen LogP contribution in [0.5, 0.6) is 0 Å². The van der Waals surface area contributed by atoms with Crippen molar-refractivity contribution in [2.75, 3.05) is 20.6 Å². The summed E-state index contributed by atoms with van der Waals surface area (Å²) in [7, 11) is 3.77. The van der Waals surface area contributed by atoms with Crippen molar-refractivity contribution in [1.29, 1.82) is 0 Å². The van der Waals surface area contributed by atoms with Crippen LogP contribution in [0.25, 0.3) is 0 Å². The normalized spacial score (nSPS) is 10.8. The zero-order valence-electron chi connectivity index (χ0n) is 9.64. The molecule has 1 aromatic heterocycles. The molecule has 0 atom stereocenters. The molecule has 1 heterocycles. The highest BCUT2D eigenvalue weighted by Crippen LogP contribution is 2.09. The molecule has 0 saturated carbocycles. The Hall–Kier alpha value is -1.69. The first-order valence-electron chi connectivity index (χ1n) is 4.92. The minimum atomic E-state index is -0.487. The highest BCUT2D eigenvalue weighted by Gasteiger charge is 2.10. The third-order valence-electron chi connectivity index (χ3n) is 2.25. The van der Waals surface area contributed by atoms with Crippen molar-refractivity contribution in [1.82, 2.24) is 9.47 Å². The standard InChI is InChI=1S/C10H15N3O3/c1-8-6-9(13(15)16)7-12(10(8)14)5-4-11(2)3/h6-7H,4-5H2,1-3H3. The number of likely N-dealkylation sites (N-methyl/N-ethyl adjacent to an activating group) is 1. The van der Waals surface area contributed by atoms with E-state index in [1.54, 1.807) is 6.92 Å². The lowest BCUT2D eigenvalue weighted by molar-refractivity contribution is -0.385. The highest BCUT2D eigenvalue weighted by molar-refractivity contribution is 5.30. The van der Waals surface area contributed by atoms with E-state index < -0.39 is 4.92 Å². The smallest absolute Gasteiger partial charge is 0.286 e. The maximum Gasteiger partial charge on any atom is 0.286 e.